The van der Waals surface area contributed by atoms with E-state index < -0.39 is 24.4 Å². The van der Waals surface area contributed by atoms with Gasteiger partial charge in [0, 0.05) is 6.61 Å². The Hall–Kier alpha value is -0.820. The summed E-state index contributed by atoms with van der Waals surface area (Å²) in [5.74, 6) is 1.17. The number of ether oxygens (including phenoxy) is 3. The van der Waals surface area contributed by atoms with Gasteiger partial charge in [-0.1, -0.05) is 78.1 Å². The minimum atomic E-state index is -4.78. The van der Waals surface area contributed by atoms with Crippen molar-refractivity contribution in [3.05, 3.63) is 0 Å². The zero-order valence-corrected chi connectivity index (χ0v) is 23.7. The van der Waals surface area contributed by atoms with E-state index in [-0.39, 0.29) is 19.3 Å². The number of rotatable bonds is 17. The summed E-state index contributed by atoms with van der Waals surface area (Å²) in [6.45, 7) is 5.80. The molecule has 2 fully saturated rings. The molecule has 0 saturated heterocycles. The summed E-state index contributed by atoms with van der Waals surface area (Å²) in [6.07, 6.45) is 12.2. The van der Waals surface area contributed by atoms with Gasteiger partial charge in [-0.15, -0.1) is 0 Å². The molecule has 2 atom stereocenters. The molecule has 218 valence electrons. The van der Waals surface area contributed by atoms with Gasteiger partial charge in [0.2, 0.25) is 0 Å². The Bertz CT molecular complexity index is 596. The summed E-state index contributed by atoms with van der Waals surface area (Å²) in [4.78, 5) is 12.1. The highest BCUT2D eigenvalue weighted by Crippen LogP contribution is 2.41. The first kappa shape index (κ1) is 32.4. The van der Waals surface area contributed by atoms with Crippen molar-refractivity contribution < 1.29 is 32.2 Å². The van der Waals surface area contributed by atoms with E-state index in [0.29, 0.717) is 6.42 Å². The Morgan fingerprint density at radius 2 is 1.38 bits per heavy atom. The summed E-state index contributed by atoms with van der Waals surface area (Å²) >= 11 is 0. The van der Waals surface area contributed by atoms with Crippen LogP contribution in [0.15, 0.2) is 0 Å². The van der Waals surface area contributed by atoms with Crippen LogP contribution in [0.4, 0.5) is 13.2 Å². The third-order valence-electron chi connectivity index (χ3n) is 8.42. The van der Waals surface area contributed by atoms with Crippen molar-refractivity contribution in [2.45, 2.75) is 154 Å². The summed E-state index contributed by atoms with van der Waals surface area (Å²) in [7, 11) is 0. The molecule has 2 unspecified atom stereocenters. The molecule has 0 spiro atoms. The van der Waals surface area contributed by atoms with Crippen LogP contribution in [0.3, 0.4) is 0 Å². The van der Waals surface area contributed by atoms with Crippen molar-refractivity contribution in [2.24, 2.45) is 17.8 Å². The number of carbonyl (C=O) groups is 1. The summed E-state index contributed by atoms with van der Waals surface area (Å²) in [5.41, 5.74) is 0. The number of unbranched alkanes of at least 4 members (excludes halogenated alkanes) is 6. The normalized spacial score (nSPS) is 26.5. The van der Waals surface area contributed by atoms with E-state index in [4.69, 9.17) is 14.2 Å². The van der Waals surface area contributed by atoms with Gasteiger partial charge in [0.1, 0.15) is 6.10 Å². The van der Waals surface area contributed by atoms with Gasteiger partial charge in [0.25, 0.3) is 6.10 Å². The fraction of sp³-hybridized carbons (Fsp3) is 0.967. The van der Waals surface area contributed by atoms with Crippen molar-refractivity contribution in [2.75, 3.05) is 13.2 Å². The molecule has 0 heterocycles. The quantitative estimate of drug-likeness (QED) is 0.138. The lowest BCUT2D eigenvalue weighted by molar-refractivity contribution is -0.233. The molecule has 0 aromatic rings. The topological polar surface area (TPSA) is 44.8 Å². The molecule has 0 radical (unpaired) electrons. The molecule has 4 nitrogen and oxygen atoms in total. The maximum atomic E-state index is 13.3. The van der Waals surface area contributed by atoms with Gasteiger partial charge in [-0.05, 0) is 69.6 Å². The van der Waals surface area contributed by atoms with Crippen LogP contribution >= 0.6 is 0 Å². The van der Waals surface area contributed by atoms with Crippen LogP contribution in [0.1, 0.15) is 130 Å². The summed E-state index contributed by atoms with van der Waals surface area (Å²) in [5, 5.41) is 0. The molecule has 0 N–H and O–H groups in total. The third-order valence-corrected chi connectivity index (χ3v) is 8.42. The zero-order chi connectivity index (χ0) is 27.1. The van der Waals surface area contributed by atoms with Gasteiger partial charge in [-0.2, -0.15) is 13.2 Å². The molecular formula is C30H53F3O4. The molecule has 0 aromatic heterocycles. The number of halogens is 3. The Morgan fingerprint density at radius 3 is 1.97 bits per heavy atom. The van der Waals surface area contributed by atoms with Gasteiger partial charge in [0.05, 0.1) is 12.7 Å². The van der Waals surface area contributed by atoms with Crippen molar-refractivity contribution in [3.63, 3.8) is 0 Å². The minimum absolute atomic E-state index is 0.0977. The van der Waals surface area contributed by atoms with Crippen LogP contribution in [0, 0.1) is 17.8 Å². The lowest BCUT2D eigenvalue weighted by Crippen LogP contribution is -2.42. The number of hydrogen-bond donors (Lipinski definition) is 0. The van der Waals surface area contributed by atoms with Crippen molar-refractivity contribution in [1.29, 1.82) is 0 Å². The molecule has 0 amide bonds. The number of esters is 1. The highest BCUT2D eigenvalue weighted by atomic mass is 19.4. The summed E-state index contributed by atoms with van der Waals surface area (Å²) < 4.78 is 55.6. The van der Waals surface area contributed by atoms with Crippen LogP contribution in [0.2, 0.25) is 0 Å². The Kier molecular flexibility index (Phi) is 15.5. The fourth-order valence-corrected chi connectivity index (χ4v) is 6.13. The first-order valence-electron chi connectivity index (χ1n) is 15.2. The van der Waals surface area contributed by atoms with E-state index in [9.17, 15) is 18.0 Å². The highest BCUT2D eigenvalue weighted by Gasteiger charge is 2.47. The predicted octanol–water partition coefficient (Wildman–Crippen LogP) is 8.80. The van der Waals surface area contributed by atoms with Gasteiger partial charge in [-0.3, -0.25) is 0 Å². The van der Waals surface area contributed by atoms with Crippen LogP contribution in [0.25, 0.3) is 0 Å². The van der Waals surface area contributed by atoms with Gasteiger partial charge < -0.3 is 14.2 Å². The molecule has 0 bridgehead atoms. The van der Waals surface area contributed by atoms with Crippen LogP contribution in [0.5, 0.6) is 0 Å². The maximum absolute atomic E-state index is 13.3. The molecular weight excluding hydrogens is 481 g/mol. The average molecular weight is 535 g/mol. The minimum Gasteiger partial charge on any atom is -0.458 e. The molecule has 2 aliphatic carbocycles. The Morgan fingerprint density at radius 1 is 0.811 bits per heavy atom. The average Bonchev–Trinajstić information content (AvgIpc) is 2.87. The SMILES string of the molecule is CCCCCCCC1CCC(C2CCC(OCC(C)OC(=O)C(OCCCCC)C(F)(F)F)CC2)CC1. The van der Waals surface area contributed by atoms with E-state index in [1.54, 1.807) is 6.92 Å². The van der Waals surface area contributed by atoms with E-state index >= 15 is 0 Å². The van der Waals surface area contributed by atoms with E-state index in [0.717, 1.165) is 56.3 Å². The molecule has 0 aromatic carbocycles. The fourth-order valence-electron chi connectivity index (χ4n) is 6.13. The Balaban J connectivity index is 1.61. The second-order valence-corrected chi connectivity index (χ2v) is 11.6. The van der Waals surface area contributed by atoms with Crippen LogP contribution in [-0.2, 0) is 19.0 Å². The first-order chi connectivity index (χ1) is 17.7. The van der Waals surface area contributed by atoms with Gasteiger partial charge in [0.15, 0.2) is 0 Å². The van der Waals surface area contributed by atoms with Crippen LogP contribution < -0.4 is 0 Å². The molecule has 37 heavy (non-hydrogen) atoms. The second kappa shape index (κ2) is 17.7. The molecule has 2 aliphatic rings. The van der Waals surface area contributed by atoms with E-state index in [1.165, 1.54) is 64.2 Å². The van der Waals surface area contributed by atoms with Gasteiger partial charge in [-0.25, -0.2) is 4.79 Å². The lowest BCUT2D eigenvalue weighted by atomic mass is 9.70. The number of carbonyl (C=O) groups excluding carboxylic acids is 1. The van der Waals surface area contributed by atoms with Gasteiger partial charge >= 0.3 is 12.1 Å². The van der Waals surface area contributed by atoms with Crippen molar-refractivity contribution >= 4 is 5.97 Å². The maximum Gasteiger partial charge on any atom is 0.425 e. The van der Waals surface area contributed by atoms with Crippen molar-refractivity contribution in [1.82, 2.24) is 0 Å². The first-order valence-corrected chi connectivity index (χ1v) is 15.2. The molecule has 2 rings (SSSR count). The molecule has 0 aliphatic heterocycles. The monoisotopic (exact) mass is 534 g/mol. The van der Waals surface area contributed by atoms with E-state index in [2.05, 4.69) is 6.92 Å². The number of hydrogen-bond acceptors (Lipinski definition) is 4. The predicted molar refractivity (Wildman–Crippen MR) is 141 cm³/mol. The molecule has 7 heteroatoms. The largest absolute Gasteiger partial charge is 0.458 e. The number of alkyl halides is 3. The van der Waals surface area contributed by atoms with Crippen molar-refractivity contribution in [3.8, 4) is 0 Å². The second-order valence-electron chi connectivity index (χ2n) is 11.6. The molecule has 2 saturated carbocycles. The van der Waals surface area contributed by atoms with Crippen LogP contribution in [-0.4, -0.2) is 43.7 Å². The smallest absolute Gasteiger partial charge is 0.425 e. The zero-order valence-electron chi connectivity index (χ0n) is 23.7. The third kappa shape index (κ3) is 12.7. The Labute approximate surface area is 223 Å². The van der Waals surface area contributed by atoms with E-state index in [1.807, 2.05) is 6.92 Å². The lowest BCUT2D eigenvalue weighted by Gasteiger charge is -2.38. The standard InChI is InChI=1S/C30H53F3O4/c1-4-6-8-9-10-12-24-13-15-25(16-14-24)26-17-19-27(20-18-26)36-22-23(3)37-29(34)28(30(31,32)33)35-21-11-7-5-2/h23-28H,4-22H2,1-3H3. The summed E-state index contributed by atoms with van der Waals surface area (Å²) in [6, 6.07) is 0. The highest BCUT2D eigenvalue weighted by molar-refractivity contribution is 5.75.